The van der Waals surface area contributed by atoms with E-state index in [1.54, 1.807) is 49.1 Å². The number of thiophene rings is 1. The minimum atomic E-state index is -3.91. The standard InChI is InChI=1S/C39H50N6O8S2/c1-23-15-18-31(54-23)28-13-10-14-29(40-28)34(47)44-20-24-21-45-32(27(24)22-44)33(46)42-39(36(49)43-55(51,52)26-16-17-26)19-25(39)11-8-6-5-7-9-12-30(35(45)48)41-37(50)53-38(2,3)4/h8,10-11,13-15,18,24-27,30,32H,5-7,9,12,16-17,19-22H2,1-4H3,(H,41,50)(H,42,46)(H,43,49)/b11-8-/t24-,25+,27-,30-,32-,39+/m0/s1. The van der Waals surface area contributed by atoms with E-state index in [0.717, 1.165) is 22.6 Å². The van der Waals surface area contributed by atoms with Crippen molar-refractivity contribution in [3.63, 3.8) is 0 Å². The second kappa shape index (κ2) is 15.0. The number of aryl methyl sites for hydroxylation is 1. The van der Waals surface area contributed by atoms with Gasteiger partial charge >= 0.3 is 6.09 Å². The maximum atomic E-state index is 14.7. The smallest absolute Gasteiger partial charge is 0.408 e. The van der Waals surface area contributed by atoms with Gasteiger partial charge in [0.1, 0.15) is 28.9 Å². The van der Waals surface area contributed by atoms with Crippen LogP contribution in [0.4, 0.5) is 4.79 Å². The van der Waals surface area contributed by atoms with E-state index in [-0.39, 0.29) is 43.6 Å². The molecule has 2 aromatic heterocycles. The van der Waals surface area contributed by atoms with Gasteiger partial charge in [0, 0.05) is 42.3 Å². The number of hydrogen-bond donors (Lipinski definition) is 3. The molecule has 5 aliphatic rings. The number of aromatic nitrogens is 1. The van der Waals surface area contributed by atoms with Crippen molar-refractivity contribution in [1.82, 2.24) is 30.1 Å². The third kappa shape index (κ3) is 8.44. The van der Waals surface area contributed by atoms with E-state index < -0.39 is 74.1 Å². The summed E-state index contributed by atoms with van der Waals surface area (Å²) < 4.78 is 33.5. The van der Waals surface area contributed by atoms with Crippen LogP contribution in [-0.4, -0.2) is 101 Å². The van der Waals surface area contributed by atoms with E-state index >= 15 is 0 Å². The van der Waals surface area contributed by atoms with E-state index in [2.05, 4.69) is 20.3 Å². The molecule has 0 aromatic carbocycles. The van der Waals surface area contributed by atoms with Crippen LogP contribution < -0.4 is 15.4 Å². The topological polar surface area (TPSA) is 184 Å². The van der Waals surface area contributed by atoms with Gasteiger partial charge in [0.2, 0.25) is 21.8 Å². The summed E-state index contributed by atoms with van der Waals surface area (Å²) in [5, 5.41) is 5.05. The molecule has 55 heavy (non-hydrogen) atoms. The third-order valence-corrected chi connectivity index (χ3v) is 14.0. The molecule has 3 aliphatic heterocycles. The van der Waals surface area contributed by atoms with Crippen molar-refractivity contribution in [3.8, 4) is 10.6 Å². The molecule has 14 nitrogen and oxygen atoms in total. The number of carbonyl (C=O) groups excluding carboxylic acids is 5. The number of sulfonamides is 1. The number of carbonyl (C=O) groups is 5. The normalized spacial score (nSPS) is 29.1. The van der Waals surface area contributed by atoms with Gasteiger partial charge in [-0.05, 0) is 90.5 Å². The van der Waals surface area contributed by atoms with Crippen LogP contribution in [0.1, 0.15) is 87.5 Å². The molecule has 2 saturated carbocycles. The zero-order valence-corrected chi connectivity index (χ0v) is 33.3. The number of amides is 5. The molecule has 0 unspecified atom stereocenters. The van der Waals surface area contributed by atoms with Gasteiger partial charge in [0.15, 0.2) is 0 Å². The highest BCUT2D eigenvalue weighted by Crippen LogP contribution is 2.47. The van der Waals surface area contributed by atoms with Crippen LogP contribution in [0.25, 0.3) is 10.6 Å². The number of likely N-dealkylation sites (tertiary alicyclic amines) is 1. The van der Waals surface area contributed by atoms with E-state index in [0.29, 0.717) is 37.8 Å². The number of hydrogen-bond acceptors (Lipinski definition) is 10. The first kappa shape index (κ1) is 38.9. The van der Waals surface area contributed by atoms with Gasteiger partial charge in [-0.3, -0.25) is 23.9 Å². The molecule has 6 atom stereocenters. The summed E-state index contributed by atoms with van der Waals surface area (Å²) in [5.74, 6) is -3.37. The van der Waals surface area contributed by atoms with Crippen LogP contribution in [-0.2, 0) is 29.1 Å². The summed E-state index contributed by atoms with van der Waals surface area (Å²) in [6.45, 7) is 7.75. The number of rotatable bonds is 6. The van der Waals surface area contributed by atoms with Gasteiger partial charge < -0.3 is 25.2 Å². The van der Waals surface area contributed by atoms with Crippen LogP contribution in [0.2, 0.25) is 0 Å². The molecule has 2 aromatic rings. The Labute approximate surface area is 325 Å². The fourth-order valence-corrected chi connectivity index (χ4v) is 10.3. The Morgan fingerprint density at radius 1 is 1.02 bits per heavy atom. The van der Waals surface area contributed by atoms with E-state index in [4.69, 9.17) is 4.74 Å². The molecular formula is C39H50N6O8S2. The molecule has 5 amide bonds. The van der Waals surface area contributed by atoms with Gasteiger partial charge in [0.05, 0.1) is 15.8 Å². The monoisotopic (exact) mass is 794 g/mol. The molecule has 2 aliphatic carbocycles. The van der Waals surface area contributed by atoms with Crippen LogP contribution in [0.3, 0.4) is 0 Å². The van der Waals surface area contributed by atoms with Crippen molar-refractivity contribution in [2.45, 2.75) is 108 Å². The molecule has 2 saturated heterocycles. The minimum Gasteiger partial charge on any atom is -0.444 e. The van der Waals surface area contributed by atoms with E-state index in [9.17, 15) is 32.4 Å². The van der Waals surface area contributed by atoms with E-state index in [1.165, 1.54) is 4.90 Å². The summed E-state index contributed by atoms with van der Waals surface area (Å²) in [7, 11) is -3.91. The average Bonchev–Trinajstić information content (AvgIpc) is 3.96. The molecule has 16 heteroatoms. The minimum absolute atomic E-state index is 0.137. The van der Waals surface area contributed by atoms with Crippen LogP contribution in [0.15, 0.2) is 42.5 Å². The maximum absolute atomic E-state index is 14.7. The maximum Gasteiger partial charge on any atom is 0.408 e. The van der Waals surface area contributed by atoms with Gasteiger partial charge in [-0.2, -0.15) is 0 Å². The number of ether oxygens (including phenoxy) is 1. The third-order valence-electron chi connectivity index (χ3n) is 11.1. The summed E-state index contributed by atoms with van der Waals surface area (Å²) in [6.07, 6.45) is 7.41. The molecule has 4 fully saturated rings. The van der Waals surface area contributed by atoms with Gasteiger partial charge in [0.25, 0.3) is 11.8 Å². The Bertz CT molecular complexity index is 2010. The highest BCUT2D eigenvalue weighted by Gasteiger charge is 2.63. The SMILES string of the molecule is Cc1ccc(-c2cccc(C(=O)N3C[C@H]4CN5C(=O)[C@@H](NC(=O)OC(C)(C)C)CCCCC/C=C\[C@@H]6C[C@@]6(C(=O)NS(=O)(=O)C6CC6)NC(=O)[C@@H]5[C@H]4C3)n2)s1. The van der Waals surface area contributed by atoms with Crippen molar-refractivity contribution in [1.29, 1.82) is 0 Å². The first-order chi connectivity index (χ1) is 26.0. The molecule has 5 heterocycles. The van der Waals surface area contributed by atoms with Crippen molar-refractivity contribution in [3.05, 3.63) is 53.1 Å². The second-order valence-electron chi connectivity index (χ2n) is 16.6. The van der Waals surface area contributed by atoms with E-state index in [1.807, 2.05) is 37.3 Å². The lowest BCUT2D eigenvalue weighted by atomic mass is 9.93. The first-order valence-corrected chi connectivity index (χ1v) is 21.6. The molecule has 3 N–H and O–H groups in total. The van der Waals surface area contributed by atoms with Crippen molar-refractivity contribution < 1.29 is 37.1 Å². The average molecular weight is 795 g/mol. The Kier molecular flexibility index (Phi) is 10.6. The quantitative estimate of drug-likeness (QED) is 0.365. The Balaban J connectivity index is 1.18. The fourth-order valence-electron chi connectivity index (χ4n) is 8.11. The number of allylic oxidation sites excluding steroid dienone is 1. The summed E-state index contributed by atoms with van der Waals surface area (Å²) in [5.41, 5.74) is -1.37. The largest absolute Gasteiger partial charge is 0.444 e. The lowest BCUT2D eigenvalue weighted by Crippen LogP contribution is -2.60. The molecule has 0 spiro atoms. The van der Waals surface area contributed by atoms with Gasteiger partial charge in [-0.25, -0.2) is 18.2 Å². The molecular weight excluding hydrogens is 745 g/mol. The second-order valence-corrected chi connectivity index (χ2v) is 19.8. The van der Waals surface area contributed by atoms with Gasteiger partial charge in [-0.15, -0.1) is 11.3 Å². The van der Waals surface area contributed by atoms with Crippen molar-refractivity contribution >= 4 is 51.1 Å². The van der Waals surface area contributed by atoms with Gasteiger partial charge in [-0.1, -0.05) is 31.1 Å². The fraction of sp³-hybridized carbons (Fsp3) is 0.590. The van der Waals surface area contributed by atoms with Crippen molar-refractivity contribution in [2.24, 2.45) is 17.8 Å². The number of fused-ring (bicyclic) bond motifs is 4. The summed E-state index contributed by atoms with van der Waals surface area (Å²) >= 11 is 1.58. The molecule has 296 valence electrons. The van der Waals surface area contributed by atoms with Crippen LogP contribution in [0, 0.1) is 24.7 Å². The number of pyridine rings is 1. The first-order valence-electron chi connectivity index (χ1n) is 19.2. The van der Waals surface area contributed by atoms with Crippen molar-refractivity contribution in [2.75, 3.05) is 19.6 Å². The van der Waals surface area contributed by atoms with Crippen LogP contribution in [0.5, 0.6) is 0 Å². The van der Waals surface area contributed by atoms with Crippen LogP contribution >= 0.6 is 11.3 Å². The Hall–Kier alpha value is -4.31. The predicted molar refractivity (Wildman–Crippen MR) is 205 cm³/mol. The molecule has 0 bridgehead atoms. The number of nitrogens with zero attached hydrogens (tertiary/aromatic N) is 3. The molecule has 7 rings (SSSR count). The molecule has 0 radical (unpaired) electrons. The zero-order valence-electron chi connectivity index (χ0n) is 31.7. The zero-order chi connectivity index (χ0) is 39.3. The lowest BCUT2D eigenvalue weighted by molar-refractivity contribution is -0.142. The number of nitrogens with one attached hydrogen (secondary N) is 3. The lowest BCUT2D eigenvalue weighted by Gasteiger charge is -2.33. The summed E-state index contributed by atoms with van der Waals surface area (Å²) in [4.78, 5) is 79.9. The Morgan fingerprint density at radius 3 is 2.51 bits per heavy atom. The number of alkyl carbamates (subject to hydrolysis) is 1. The highest BCUT2D eigenvalue weighted by molar-refractivity contribution is 7.91. The Morgan fingerprint density at radius 2 is 1.80 bits per heavy atom. The highest BCUT2D eigenvalue weighted by atomic mass is 32.2. The predicted octanol–water partition coefficient (Wildman–Crippen LogP) is 3.91. The summed E-state index contributed by atoms with van der Waals surface area (Å²) in [6, 6.07) is 7.19.